The van der Waals surface area contributed by atoms with Gasteiger partial charge in [0, 0.05) is 20.3 Å². The summed E-state index contributed by atoms with van der Waals surface area (Å²) in [5.74, 6) is 1.44. The molecule has 1 aromatic rings. The second kappa shape index (κ2) is 5.70. The van der Waals surface area contributed by atoms with E-state index in [0.29, 0.717) is 19.0 Å². The molecule has 0 aromatic heterocycles. The highest BCUT2D eigenvalue weighted by atomic mass is 16.7. The van der Waals surface area contributed by atoms with Crippen LogP contribution in [-0.2, 0) is 9.47 Å². The van der Waals surface area contributed by atoms with Gasteiger partial charge in [0.25, 0.3) is 0 Å². The highest BCUT2D eigenvalue weighted by Gasteiger charge is 2.23. The summed E-state index contributed by atoms with van der Waals surface area (Å²) in [6.07, 6.45) is 1.46. The Morgan fingerprint density at radius 1 is 1.24 bits per heavy atom. The van der Waals surface area contributed by atoms with Gasteiger partial charge in [0.05, 0.1) is 13.2 Å². The lowest BCUT2D eigenvalue weighted by atomic mass is 10.3. The van der Waals surface area contributed by atoms with Crippen molar-refractivity contribution in [3.8, 4) is 5.75 Å². The third-order valence-corrected chi connectivity index (χ3v) is 2.22. The van der Waals surface area contributed by atoms with Crippen LogP contribution in [0, 0.1) is 0 Å². The van der Waals surface area contributed by atoms with E-state index < -0.39 is 6.29 Å². The van der Waals surface area contributed by atoms with Crippen molar-refractivity contribution in [2.24, 2.45) is 0 Å². The van der Waals surface area contributed by atoms with E-state index in [1.165, 1.54) is 0 Å². The summed E-state index contributed by atoms with van der Waals surface area (Å²) in [7, 11) is 3.87. The molecule has 92 valence electrons. The predicted molar refractivity (Wildman–Crippen MR) is 64.5 cm³/mol. The van der Waals surface area contributed by atoms with Crippen LogP contribution in [0.4, 0.5) is 0 Å². The maximum absolute atomic E-state index is 5.78. The molecule has 1 saturated heterocycles. The predicted octanol–water partition coefficient (Wildman–Crippen LogP) is 1.84. The Balaban J connectivity index is 2.11. The van der Waals surface area contributed by atoms with Gasteiger partial charge in [-0.3, -0.25) is 0 Å². The third kappa shape index (κ3) is 3.47. The minimum atomic E-state index is -0.405. The number of ether oxygens (including phenoxy) is 3. The van der Waals surface area contributed by atoms with Crippen molar-refractivity contribution in [2.45, 2.75) is 6.29 Å². The highest BCUT2D eigenvalue weighted by molar-refractivity contribution is 5.23. The molecule has 0 amide bonds. The third-order valence-electron chi connectivity index (χ3n) is 2.22. The van der Waals surface area contributed by atoms with Crippen molar-refractivity contribution in [1.29, 1.82) is 0 Å². The van der Waals surface area contributed by atoms with E-state index >= 15 is 0 Å². The van der Waals surface area contributed by atoms with Crippen molar-refractivity contribution in [3.05, 3.63) is 42.3 Å². The Kier molecular flexibility index (Phi) is 4.01. The van der Waals surface area contributed by atoms with Gasteiger partial charge in [-0.15, -0.1) is 0 Å². The smallest absolute Gasteiger partial charge is 0.218 e. The quantitative estimate of drug-likeness (QED) is 0.745. The van der Waals surface area contributed by atoms with Crippen molar-refractivity contribution in [2.75, 3.05) is 27.3 Å². The van der Waals surface area contributed by atoms with Crippen LogP contribution in [0.25, 0.3) is 0 Å². The second-order valence-corrected chi connectivity index (χ2v) is 3.98. The van der Waals surface area contributed by atoms with E-state index in [1.807, 2.05) is 55.5 Å². The largest absolute Gasteiger partial charge is 0.455 e. The summed E-state index contributed by atoms with van der Waals surface area (Å²) in [6.45, 7) is 1.21. The van der Waals surface area contributed by atoms with E-state index in [1.54, 1.807) is 0 Å². The van der Waals surface area contributed by atoms with Gasteiger partial charge in [-0.25, -0.2) is 0 Å². The first kappa shape index (κ1) is 12.0. The summed E-state index contributed by atoms with van der Waals surface area (Å²) in [4.78, 5) is 1.91. The Bertz CT molecular complexity index is 370. The summed E-state index contributed by atoms with van der Waals surface area (Å²) in [6, 6.07) is 9.61. The zero-order valence-electron chi connectivity index (χ0n) is 10.1. The summed E-state index contributed by atoms with van der Waals surface area (Å²) < 4.78 is 16.7. The highest BCUT2D eigenvalue weighted by Crippen LogP contribution is 2.20. The number of para-hydroxylation sites is 1. The molecule has 1 fully saturated rings. The number of hydrogen-bond acceptors (Lipinski definition) is 4. The second-order valence-electron chi connectivity index (χ2n) is 3.98. The zero-order chi connectivity index (χ0) is 12.1. The molecule has 0 saturated carbocycles. The molecule has 0 radical (unpaired) electrons. The number of hydrogen-bond donors (Lipinski definition) is 0. The van der Waals surface area contributed by atoms with E-state index in [9.17, 15) is 0 Å². The van der Waals surface area contributed by atoms with Crippen LogP contribution in [-0.4, -0.2) is 38.5 Å². The van der Waals surface area contributed by atoms with Gasteiger partial charge in [-0.1, -0.05) is 18.2 Å². The summed E-state index contributed by atoms with van der Waals surface area (Å²) >= 11 is 0. The average Bonchev–Trinajstić information content (AvgIpc) is 2.82. The van der Waals surface area contributed by atoms with E-state index in [-0.39, 0.29) is 0 Å². The molecule has 0 atom stereocenters. The fourth-order valence-corrected chi connectivity index (χ4v) is 1.54. The van der Waals surface area contributed by atoms with Crippen molar-refractivity contribution >= 4 is 0 Å². The fourth-order valence-electron chi connectivity index (χ4n) is 1.54. The Labute approximate surface area is 101 Å². The first-order valence-corrected chi connectivity index (χ1v) is 5.60. The molecule has 4 nitrogen and oxygen atoms in total. The van der Waals surface area contributed by atoms with Gasteiger partial charge in [-0.05, 0) is 12.1 Å². The summed E-state index contributed by atoms with van der Waals surface area (Å²) in [5, 5.41) is 0. The van der Waals surface area contributed by atoms with Gasteiger partial charge in [0.2, 0.25) is 6.29 Å². The van der Waals surface area contributed by atoms with E-state index in [0.717, 1.165) is 5.75 Å². The first-order valence-electron chi connectivity index (χ1n) is 5.60. The standard InChI is InChI=1S/C13H17NO3/c1-14(2)10-12(13-15-8-9-16-13)17-11-6-4-3-5-7-11/h3-7,10,13H,8-9H2,1-2H3/b12-10+. The van der Waals surface area contributed by atoms with Crippen LogP contribution in [0.3, 0.4) is 0 Å². The van der Waals surface area contributed by atoms with Gasteiger partial charge in [0.15, 0.2) is 5.76 Å². The minimum absolute atomic E-state index is 0.405. The molecular formula is C13H17NO3. The van der Waals surface area contributed by atoms with Crippen LogP contribution in [0.1, 0.15) is 0 Å². The lowest BCUT2D eigenvalue weighted by Gasteiger charge is -2.17. The molecular weight excluding hydrogens is 218 g/mol. The van der Waals surface area contributed by atoms with E-state index in [2.05, 4.69) is 0 Å². The van der Waals surface area contributed by atoms with Crippen LogP contribution in [0.15, 0.2) is 42.3 Å². The Morgan fingerprint density at radius 2 is 1.88 bits per heavy atom. The topological polar surface area (TPSA) is 30.9 Å². The molecule has 1 aliphatic rings. The van der Waals surface area contributed by atoms with Gasteiger partial charge in [0.1, 0.15) is 5.75 Å². The maximum Gasteiger partial charge on any atom is 0.218 e. The molecule has 1 heterocycles. The number of benzene rings is 1. The molecule has 0 aliphatic carbocycles. The van der Waals surface area contributed by atoms with Gasteiger partial charge >= 0.3 is 0 Å². The zero-order valence-corrected chi connectivity index (χ0v) is 10.1. The minimum Gasteiger partial charge on any atom is -0.455 e. The number of rotatable bonds is 4. The fraction of sp³-hybridized carbons (Fsp3) is 0.385. The molecule has 1 aromatic carbocycles. The lowest BCUT2D eigenvalue weighted by Crippen LogP contribution is -2.19. The first-order chi connectivity index (χ1) is 8.25. The number of nitrogens with zero attached hydrogens (tertiary/aromatic N) is 1. The van der Waals surface area contributed by atoms with Crippen molar-refractivity contribution < 1.29 is 14.2 Å². The molecule has 0 spiro atoms. The Morgan fingerprint density at radius 3 is 2.47 bits per heavy atom. The van der Waals surface area contributed by atoms with Crippen molar-refractivity contribution in [3.63, 3.8) is 0 Å². The van der Waals surface area contributed by atoms with Crippen LogP contribution >= 0.6 is 0 Å². The molecule has 0 N–H and O–H groups in total. The Hall–Kier alpha value is -1.52. The van der Waals surface area contributed by atoms with Gasteiger partial charge < -0.3 is 19.1 Å². The van der Waals surface area contributed by atoms with Gasteiger partial charge in [-0.2, -0.15) is 0 Å². The molecule has 17 heavy (non-hydrogen) atoms. The summed E-state index contributed by atoms with van der Waals surface area (Å²) in [5.41, 5.74) is 0. The SMILES string of the molecule is CN(C)/C=C(/Oc1ccccc1)C1OCCO1. The van der Waals surface area contributed by atoms with Crippen LogP contribution in [0.2, 0.25) is 0 Å². The van der Waals surface area contributed by atoms with Crippen LogP contribution in [0.5, 0.6) is 5.75 Å². The molecule has 2 rings (SSSR count). The normalized spacial score (nSPS) is 17.2. The monoisotopic (exact) mass is 235 g/mol. The van der Waals surface area contributed by atoms with Crippen molar-refractivity contribution in [1.82, 2.24) is 4.90 Å². The average molecular weight is 235 g/mol. The molecule has 4 heteroatoms. The van der Waals surface area contributed by atoms with E-state index in [4.69, 9.17) is 14.2 Å². The molecule has 0 bridgehead atoms. The molecule has 1 aliphatic heterocycles. The lowest BCUT2D eigenvalue weighted by molar-refractivity contribution is -0.0360. The van der Waals surface area contributed by atoms with Crippen LogP contribution < -0.4 is 4.74 Å². The maximum atomic E-state index is 5.78. The molecule has 0 unspecified atom stereocenters.